The molecule has 4 rings (SSSR count). The second-order valence-electron chi connectivity index (χ2n) is 5.18. The smallest absolute Gasteiger partial charge is 0.216 e. The van der Waals surface area contributed by atoms with Gasteiger partial charge in [0, 0.05) is 32.4 Å². The summed E-state index contributed by atoms with van der Waals surface area (Å²) in [7, 11) is 0. The van der Waals surface area contributed by atoms with Gasteiger partial charge < -0.3 is 0 Å². The van der Waals surface area contributed by atoms with Crippen molar-refractivity contribution in [2.75, 3.05) is 0 Å². The molecule has 0 radical (unpaired) electrons. The first-order valence-electron chi connectivity index (χ1n) is 7.32. The first-order valence-corrected chi connectivity index (χ1v) is 8.40. The Labute approximate surface area is 147 Å². The van der Waals surface area contributed by atoms with E-state index in [2.05, 4.69) is 46.9 Å². The molecule has 1 aromatic heterocycles. The summed E-state index contributed by atoms with van der Waals surface area (Å²) in [6, 6.07) is 26.5. The molecule has 3 aromatic carbocycles. The van der Waals surface area contributed by atoms with E-state index < -0.39 is 0 Å². The topological polar surface area (TPSA) is 29.7 Å². The van der Waals surface area contributed by atoms with E-state index in [0.29, 0.717) is 0 Å². The van der Waals surface area contributed by atoms with E-state index in [1.54, 1.807) is 0 Å². The third kappa shape index (κ3) is 2.82. The van der Waals surface area contributed by atoms with Crippen LogP contribution >= 0.6 is 22.6 Å². The lowest BCUT2D eigenvalue weighted by atomic mass is 10.2. The Morgan fingerprint density at radius 1 is 0.783 bits per heavy atom. The molecule has 0 aliphatic heterocycles. The van der Waals surface area contributed by atoms with E-state index in [4.69, 9.17) is 10.1 Å². The van der Waals surface area contributed by atoms with Crippen LogP contribution in [0, 0.1) is 3.57 Å². The molecule has 0 aliphatic carbocycles. The van der Waals surface area contributed by atoms with Gasteiger partial charge in [-0.2, -0.15) is 0 Å². The van der Waals surface area contributed by atoms with Crippen LogP contribution in [0.3, 0.4) is 0 Å². The molecular weight excluding hydrogens is 397 g/mol. The standard InChI is InChI=1S/C19H13IN3/c20-15-11-12-17-18(13-15)23(16-9-5-2-6-10-16)22-19(21-17)14-7-3-1-4-8-14/h1-13H/q+1. The second-order valence-corrected chi connectivity index (χ2v) is 6.43. The van der Waals surface area contributed by atoms with Crippen molar-refractivity contribution in [2.24, 2.45) is 0 Å². The van der Waals surface area contributed by atoms with Crippen LogP contribution in [-0.2, 0) is 0 Å². The molecule has 0 unspecified atom stereocenters. The number of benzene rings is 3. The molecule has 4 heteroatoms. The van der Waals surface area contributed by atoms with Crippen LogP contribution in [-0.4, -0.2) is 10.1 Å². The minimum atomic E-state index is 0.725. The number of nitrogens with zero attached hydrogens (tertiary/aromatic N) is 3. The fraction of sp³-hybridized carbons (Fsp3) is 0. The number of hydrogen-bond acceptors (Lipinski definition) is 2. The number of halogens is 1. The van der Waals surface area contributed by atoms with Crippen molar-refractivity contribution in [3.05, 3.63) is 82.4 Å². The summed E-state index contributed by atoms with van der Waals surface area (Å²) in [5.74, 6) is 0.725. The van der Waals surface area contributed by atoms with Gasteiger partial charge in [0.1, 0.15) is 5.52 Å². The van der Waals surface area contributed by atoms with Crippen LogP contribution in [0.25, 0.3) is 28.1 Å². The minimum Gasteiger partial charge on any atom is -0.216 e. The Hall–Kier alpha value is -2.34. The highest BCUT2D eigenvalue weighted by Crippen LogP contribution is 2.18. The highest BCUT2D eigenvalue weighted by molar-refractivity contribution is 14.1. The van der Waals surface area contributed by atoms with Crippen LogP contribution in [0.1, 0.15) is 0 Å². The predicted octanol–water partition coefficient (Wildman–Crippen LogP) is 4.18. The lowest BCUT2D eigenvalue weighted by molar-refractivity contribution is -0.632. The van der Waals surface area contributed by atoms with Crippen molar-refractivity contribution in [3.63, 3.8) is 0 Å². The van der Waals surface area contributed by atoms with Gasteiger partial charge in [0.25, 0.3) is 5.52 Å². The van der Waals surface area contributed by atoms with Crippen molar-refractivity contribution in [3.8, 4) is 17.1 Å². The number of aromatic nitrogens is 3. The predicted molar refractivity (Wildman–Crippen MR) is 99.2 cm³/mol. The van der Waals surface area contributed by atoms with Gasteiger partial charge in [-0.25, -0.2) is 4.98 Å². The molecule has 3 nitrogen and oxygen atoms in total. The Morgan fingerprint density at radius 3 is 2.22 bits per heavy atom. The molecule has 0 saturated heterocycles. The number of para-hydroxylation sites is 1. The number of hydrogen-bond donors (Lipinski definition) is 0. The van der Waals surface area contributed by atoms with E-state index in [-0.39, 0.29) is 0 Å². The lowest BCUT2D eigenvalue weighted by Crippen LogP contribution is -2.37. The minimum absolute atomic E-state index is 0.725. The van der Waals surface area contributed by atoms with E-state index >= 15 is 0 Å². The molecular formula is C19H13IN3+. The molecule has 23 heavy (non-hydrogen) atoms. The quantitative estimate of drug-likeness (QED) is 0.367. The molecule has 0 N–H and O–H groups in total. The fourth-order valence-electron chi connectivity index (χ4n) is 2.52. The highest BCUT2D eigenvalue weighted by Gasteiger charge is 2.19. The summed E-state index contributed by atoms with van der Waals surface area (Å²) in [5, 5.41) is 4.78. The molecule has 0 aliphatic rings. The SMILES string of the molecule is Ic1ccc2nc(-c3ccccc3)n[n+](-c3ccccc3)c2c1. The monoisotopic (exact) mass is 410 g/mol. The number of fused-ring (bicyclic) bond motifs is 1. The van der Waals surface area contributed by atoms with Gasteiger partial charge in [-0.3, -0.25) is 0 Å². The van der Waals surface area contributed by atoms with Crippen molar-refractivity contribution >= 4 is 33.6 Å². The first kappa shape index (κ1) is 14.3. The molecule has 4 aromatic rings. The van der Waals surface area contributed by atoms with E-state index in [0.717, 1.165) is 31.7 Å². The first-order chi connectivity index (χ1) is 11.3. The maximum absolute atomic E-state index is 4.78. The molecule has 0 amide bonds. The van der Waals surface area contributed by atoms with Gasteiger partial charge in [-0.05, 0) is 39.4 Å². The summed E-state index contributed by atoms with van der Waals surface area (Å²) in [6.07, 6.45) is 0. The normalized spacial score (nSPS) is 10.8. The van der Waals surface area contributed by atoms with E-state index in [1.165, 1.54) is 0 Å². The lowest BCUT2D eigenvalue weighted by Gasteiger charge is -2.03. The van der Waals surface area contributed by atoms with Crippen molar-refractivity contribution in [1.82, 2.24) is 10.1 Å². The van der Waals surface area contributed by atoms with Crippen LogP contribution in [0.4, 0.5) is 0 Å². The van der Waals surface area contributed by atoms with Gasteiger partial charge in [0.15, 0.2) is 0 Å². The maximum atomic E-state index is 4.78. The third-order valence-electron chi connectivity index (χ3n) is 3.62. The second kappa shape index (κ2) is 6.04. The van der Waals surface area contributed by atoms with Gasteiger partial charge in [-0.15, -0.1) is 0 Å². The molecule has 1 heterocycles. The fourth-order valence-corrected chi connectivity index (χ4v) is 3.00. The third-order valence-corrected chi connectivity index (χ3v) is 4.29. The van der Waals surface area contributed by atoms with Crippen LogP contribution in [0.2, 0.25) is 0 Å². The average molecular weight is 410 g/mol. The summed E-state index contributed by atoms with van der Waals surface area (Å²) in [6.45, 7) is 0. The van der Waals surface area contributed by atoms with Crippen LogP contribution < -0.4 is 4.68 Å². The van der Waals surface area contributed by atoms with E-state index in [9.17, 15) is 0 Å². The zero-order valence-electron chi connectivity index (χ0n) is 12.2. The maximum Gasteiger partial charge on any atom is 0.265 e. The van der Waals surface area contributed by atoms with Crippen molar-refractivity contribution in [2.45, 2.75) is 0 Å². The number of rotatable bonds is 2. The van der Waals surface area contributed by atoms with Crippen LogP contribution in [0.15, 0.2) is 78.9 Å². The van der Waals surface area contributed by atoms with Crippen molar-refractivity contribution < 1.29 is 4.68 Å². The summed E-state index contributed by atoms with van der Waals surface area (Å²) in [5.41, 5.74) is 3.97. The van der Waals surface area contributed by atoms with Gasteiger partial charge in [0.05, 0.1) is 0 Å². The summed E-state index contributed by atoms with van der Waals surface area (Å²) >= 11 is 2.32. The average Bonchev–Trinajstić information content (AvgIpc) is 2.62. The zero-order valence-corrected chi connectivity index (χ0v) is 14.4. The molecule has 0 spiro atoms. The van der Waals surface area contributed by atoms with Gasteiger partial charge in [-0.1, -0.05) is 48.5 Å². The Bertz CT molecular complexity index is 970. The molecule has 0 saturated carbocycles. The van der Waals surface area contributed by atoms with Gasteiger partial charge in [0.2, 0.25) is 11.5 Å². The van der Waals surface area contributed by atoms with Crippen molar-refractivity contribution in [1.29, 1.82) is 0 Å². The zero-order chi connectivity index (χ0) is 15.6. The molecule has 0 fully saturated rings. The van der Waals surface area contributed by atoms with Gasteiger partial charge >= 0.3 is 0 Å². The summed E-state index contributed by atoms with van der Waals surface area (Å²) in [4.78, 5) is 4.74. The highest BCUT2D eigenvalue weighted by atomic mass is 127. The largest absolute Gasteiger partial charge is 0.265 e. The Kier molecular flexibility index (Phi) is 3.75. The molecule has 0 bridgehead atoms. The Balaban J connectivity index is 2.04. The molecule has 0 atom stereocenters. The Morgan fingerprint density at radius 2 is 1.48 bits per heavy atom. The molecule has 110 valence electrons. The van der Waals surface area contributed by atoms with E-state index in [1.807, 2.05) is 59.3 Å². The summed E-state index contributed by atoms with van der Waals surface area (Å²) < 4.78 is 3.13. The van der Waals surface area contributed by atoms with Crippen LogP contribution in [0.5, 0.6) is 0 Å².